The van der Waals surface area contributed by atoms with Crippen molar-refractivity contribution in [2.24, 2.45) is 5.92 Å². The SMILES string of the molecule is CCc1nnc2cc(N3CCC(CO)CC3)ncn12. The number of aliphatic hydroxyl groups excluding tert-OH is 1. The third-order valence-electron chi connectivity index (χ3n) is 3.87. The molecule has 1 aliphatic rings. The molecular weight excluding hydrogens is 242 g/mol. The van der Waals surface area contributed by atoms with Crippen molar-refractivity contribution >= 4 is 11.5 Å². The van der Waals surface area contributed by atoms with Gasteiger partial charge in [0, 0.05) is 32.2 Å². The molecule has 6 heteroatoms. The molecule has 0 aliphatic carbocycles. The van der Waals surface area contributed by atoms with Gasteiger partial charge in [-0.3, -0.25) is 4.40 Å². The summed E-state index contributed by atoms with van der Waals surface area (Å²) in [6.07, 6.45) is 4.71. The number of piperidine rings is 1. The van der Waals surface area contributed by atoms with Crippen LogP contribution in [-0.2, 0) is 6.42 Å². The maximum atomic E-state index is 9.16. The van der Waals surface area contributed by atoms with Crippen LogP contribution in [0.1, 0.15) is 25.6 Å². The van der Waals surface area contributed by atoms with E-state index >= 15 is 0 Å². The lowest BCUT2D eigenvalue weighted by Gasteiger charge is -2.31. The van der Waals surface area contributed by atoms with Gasteiger partial charge in [-0.05, 0) is 18.8 Å². The van der Waals surface area contributed by atoms with Crippen molar-refractivity contribution < 1.29 is 5.11 Å². The Morgan fingerprint density at radius 3 is 2.79 bits per heavy atom. The minimum atomic E-state index is 0.296. The molecule has 0 radical (unpaired) electrons. The highest BCUT2D eigenvalue weighted by Gasteiger charge is 2.20. The predicted molar refractivity (Wildman–Crippen MR) is 72.2 cm³/mol. The van der Waals surface area contributed by atoms with Gasteiger partial charge < -0.3 is 10.0 Å². The number of fused-ring (bicyclic) bond motifs is 1. The quantitative estimate of drug-likeness (QED) is 0.889. The number of hydrogen-bond donors (Lipinski definition) is 1. The molecule has 1 fully saturated rings. The maximum absolute atomic E-state index is 9.16. The van der Waals surface area contributed by atoms with Gasteiger partial charge in [-0.25, -0.2) is 4.98 Å². The Balaban J connectivity index is 1.82. The second-order valence-electron chi connectivity index (χ2n) is 5.06. The number of aliphatic hydroxyl groups is 1. The van der Waals surface area contributed by atoms with Crippen LogP contribution >= 0.6 is 0 Å². The number of aryl methyl sites for hydroxylation is 1. The summed E-state index contributed by atoms with van der Waals surface area (Å²) in [5.74, 6) is 2.34. The van der Waals surface area contributed by atoms with E-state index in [1.165, 1.54) is 0 Å². The fourth-order valence-corrected chi connectivity index (χ4v) is 2.59. The molecule has 0 aromatic carbocycles. The van der Waals surface area contributed by atoms with Gasteiger partial charge in [-0.1, -0.05) is 6.92 Å². The first kappa shape index (κ1) is 12.3. The molecule has 3 rings (SSSR count). The van der Waals surface area contributed by atoms with Crippen LogP contribution < -0.4 is 4.90 Å². The van der Waals surface area contributed by atoms with E-state index in [4.69, 9.17) is 5.11 Å². The summed E-state index contributed by atoms with van der Waals surface area (Å²) < 4.78 is 1.93. The minimum absolute atomic E-state index is 0.296. The highest BCUT2D eigenvalue weighted by Crippen LogP contribution is 2.22. The molecule has 102 valence electrons. The Labute approximate surface area is 112 Å². The van der Waals surface area contributed by atoms with E-state index in [1.54, 1.807) is 0 Å². The average molecular weight is 261 g/mol. The fourth-order valence-electron chi connectivity index (χ4n) is 2.59. The molecule has 19 heavy (non-hydrogen) atoms. The molecule has 0 amide bonds. The molecule has 1 N–H and O–H groups in total. The van der Waals surface area contributed by atoms with Crippen molar-refractivity contribution in [3.8, 4) is 0 Å². The summed E-state index contributed by atoms with van der Waals surface area (Å²) in [5.41, 5.74) is 0.853. The van der Waals surface area contributed by atoms with Crippen LogP contribution in [0.3, 0.4) is 0 Å². The van der Waals surface area contributed by atoms with E-state index in [2.05, 4.69) is 27.0 Å². The minimum Gasteiger partial charge on any atom is -0.396 e. The van der Waals surface area contributed by atoms with Crippen molar-refractivity contribution in [2.45, 2.75) is 26.2 Å². The van der Waals surface area contributed by atoms with Crippen molar-refractivity contribution in [1.29, 1.82) is 0 Å². The average Bonchev–Trinajstić information content (AvgIpc) is 2.89. The Morgan fingerprint density at radius 2 is 2.11 bits per heavy atom. The van der Waals surface area contributed by atoms with Crippen LogP contribution in [0.15, 0.2) is 12.4 Å². The molecule has 0 atom stereocenters. The summed E-state index contributed by atoms with van der Waals surface area (Å²) in [6.45, 7) is 4.25. The van der Waals surface area contributed by atoms with Gasteiger partial charge in [0.1, 0.15) is 18.0 Å². The van der Waals surface area contributed by atoms with Gasteiger partial charge in [0.2, 0.25) is 0 Å². The highest BCUT2D eigenvalue weighted by atomic mass is 16.3. The molecule has 6 nitrogen and oxygen atoms in total. The largest absolute Gasteiger partial charge is 0.396 e. The van der Waals surface area contributed by atoms with Crippen LogP contribution in [0.25, 0.3) is 5.65 Å². The molecule has 0 saturated carbocycles. The van der Waals surface area contributed by atoms with Crippen LogP contribution in [0.5, 0.6) is 0 Å². The number of rotatable bonds is 3. The van der Waals surface area contributed by atoms with Gasteiger partial charge in [-0.2, -0.15) is 0 Å². The highest BCUT2D eigenvalue weighted by molar-refractivity contribution is 5.51. The topological polar surface area (TPSA) is 66.5 Å². The number of nitrogens with zero attached hydrogens (tertiary/aromatic N) is 5. The lowest BCUT2D eigenvalue weighted by molar-refractivity contribution is 0.203. The molecule has 0 bridgehead atoms. The van der Waals surface area contributed by atoms with Gasteiger partial charge in [-0.15, -0.1) is 10.2 Å². The lowest BCUT2D eigenvalue weighted by atomic mass is 9.98. The van der Waals surface area contributed by atoms with Crippen LogP contribution in [0, 0.1) is 5.92 Å². The van der Waals surface area contributed by atoms with E-state index in [-0.39, 0.29) is 0 Å². The second-order valence-corrected chi connectivity index (χ2v) is 5.06. The number of hydrogen-bond acceptors (Lipinski definition) is 5. The van der Waals surface area contributed by atoms with Crippen molar-refractivity contribution in [3.63, 3.8) is 0 Å². The predicted octanol–water partition coefficient (Wildman–Crippen LogP) is 0.895. The molecule has 1 saturated heterocycles. The van der Waals surface area contributed by atoms with E-state index in [9.17, 15) is 0 Å². The monoisotopic (exact) mass is 261 g/mol. The standard InChI is InChI=1S/C13H19N5O/c1-2-11-15-16-13-7-12(14-9-18(11)13)17-5-3-10(8-19)4-6-17/h7,9-10,19H,2-6,8H2,1H3. The summed E-state index contributed by atoms with van der Waals surface area (Å²) in [4.78, 5) is 6.77. The first-order chi connectivity index (χ1) is 9.31. The number of aromatic nitrogens is 4. The fraction of sp³-hybridized carbons (Fsp3) is 0.615. The van der Waals surface area contributed by atoms with Gasteiger partial charge in [0.15, 0.2) is 5.65 Å². The van der Waals surface area contributed by atoms with E-state index < -0.39 is 0 Å². The lowest BCUT2D eigenvalue weighted by Crippen LogP contribution is -2.35. The van der Waals surface area contributed by atoms with E-state index in [0.717, 1.165) is 49.6 Å². The Bertz CT molecular complexity index is 559. The van der Waals surface area contributed by atoms with Crippen LogP contribution in [0.4, 0.5) is 5.82 Å². The van der Waals surface area contributed by atoms with E-state index in [1.807, 2.05) is 16.8 Å². The summed E-state index contributed by atoms with van der Waals surface area (Å²) in [7, 11) is 0. The van der Waals surface area contributed by atoms with Crippen molar-refractivity contribution in [3.05, 3.63) is 18.2 Å². The van der Waals surface area contributed by atoms with Gasteiger partial charge in [0.25, 0.3) is 0 Å². The normalized spacial score (nSPS) is 17.3. The van der Waals surface area contributed by atoms with Crippen molar-refractivity contribution in [2.75, 3.05) is 24.6 Å². The van der Waals surface area contributed by atoms with Gasteiger partial charge >= 0.3 is 0 Å². The van der Waals surface area contributed by atoms with Gasteiger partial charge in [0.05, 0.1) is 0 Å². The summed E-state index contributed by atoms with van der Waals surface area (Å²) >= 11 is 0. The Kier molecular flexibility index (Phi) is 3.33. The van der Waals surface area contributed by atoms with Crippen LogP contribution in [0.2, 0.25) is 0 Å². The Hall–Kier alpha value is -1.69. The van der Waals surface area contributed by atoms with E-state index in [0.29, 0.717) is 12.5 Å². The Morgan fingerprint density at radius 1 is 1.32 bits per heavy atom. The maximum Gasteiger partial charge on any atom is 0.165 e. The molecular formula is C13H19N5O. The zero-order valence-corrected chi connectivity index (χ0v) is 11.2. The summed E-state index contributed by atoms with van der Waals surface area (Å²) in [5, 5.41) is 17.5. The molecule has 2 aromatic rings. The third-order valence-corrected chi connectivity index (χ3v) is 3.87. The molecule has 2 aromatic heterocycles. The molecule has 1 aliphatic heterocycles. The summed E-state index contributed by atoms with van der Waals surface area (Å²) in [6, 6.07) is 1.99. The van der Waals surface area contributed by atoms with Crippen molar-refractivity contribution in [1.82, 2.24) is 19.6 Å². The zero-order valence-electron chi connectivity index (χ0n) is 11.2. The smallest absolute Gasteiger partial charge is 0.165 e. The molecule has 0 spiro atoms. The number of anilines is 1. The molecule has 0 unspecified atom stereocenters. The first-order valence-corrected chi connectivity index (χ1v) is 6.87. The second kappa shape index (κ2) is 5.13. The first-order valence-electron chi connectivity index (χ1n) is 6.87. The zero-order chi connectivity index (χ0) is 13.2. The third kappa shape index (κ3) is 2.28. The van der Waals surface area contributed by atoms with Crippen LogP contribution in [-0.4, -0.2) is 44.4 Å². The molecule has 3 heterocycles.